The number of amides is 1. The molecule has 1 fully saturated rings. The van der Waals surface area contributed by atoms with E-state index < -0.39 is 20.9 Å². The lowest BCUT2D eigenvalue weighted by atomic mass is 10.1. The first-order chi connectivity index (χ1) is 9.67. The molecule has 1 aliphatic rings. The zero-order chi connectivity index (χ0) is 15.8. The summed E-state index contributed by atoms with van der Waals surface area (Å²) in [6.07, 6.45) is 0.0485. The van der Waals surface area contributed by atoms with Gasteiger partial charge in [0.05, 0.1) is 22.1 Å². The van der Waals surface area contributed by atoms with Crippen LogP contribution in [-0.2, 0) is 14.8 Å². The first-order valence-electron chi connectivity index (χ1n) is 6.02. The second-order valence-corrected chi connectivity index (χ2v) is 6.56. The van der Waals surface area contributed by atoms with E-state index in [9.17, 15) is 23.3 Å². The van der Waals surface area contributed by atoms with Crippen molar-refractivity contribution >= 4 is 33.0 Å². The van der Waals surface area contributed by atoms with E-state index in [4.69, 9.17) is 10.9 Å². The number of sulfonamides is 1. The van der Waals surface area contributed by atoms with Gasteiger partial charge in [0, 0.05) is 31.0 Å². The molecule has 0 saturated carbocycles. The zero-order valence-corrected chi connectivity index (χ0v) is 11.7. The van der Waals surface area contributed by atoms with Crippen LogP contribution in [0.25, 0.3) is 0 Å². The summed E-state index contributed by atoms with van der Waals surface area (Å²) in [7, 11) is -3.66. The minimum Gasteiger partial charge on any atom is -0.397 e. The number of carbonyl (C=O) groups is 1. The molecule has 0 radical (unpaired) electrons. The van der Waals surface area contributed by atoms with Crippen molar-refractivity contribution in [3.8, 4) is 0 Å². The number of nitro benzene ring substituents is 1. The van der Waals surface area contributed by atoms with E-state index in [1.807, 2.05) is 0 Å². The molecule has 1 unspecified atom stereocenters. The Morgan fingerprint density at radius 1 is 1.43 bits per heavy atom. The summed E-state index contributed by atoms with van der Waals surface area (Å²) < 4.78 is 22.1. The molecule has 1 heterocycles. The highest BCUT2D eigenvalue weighted by Crippen LogP contribution is 2.32. The monoisotopic (exact) mass is 314 g/mol. The third kappa shape index (κ3) is 3.47. The molecule has 10 heteroatoms. The van der Waals surface area contributed by atoms with Gasteiger partial charge < -0.3 is 10.6 Å². The van der Waals surface area contributed by atoms with Crippen LogP contribution >= 0.6 is 0 Å². The lowest BCUT2D eigenvalue weighted by Gasteiger charge is -2.18. The third-order valence-corrected chi connectivity index (χ3v) is 4.12. The van der Waals surface area contributed by atoms with Crippen molar-refractivity contribution in [1.29, 1.82) is 0 Å². The minimum atomic E-state index is -3.66. The number of anilines is 2. The van der Waals surface area contributed by atoms with Crippen molar-refractivity contribution in [2.45, 2.75) is 6.42 Å². The molecule has 1 amide bonds. The SMILES string of the molecule is Nc1cc([N+](=O)[O-])ccc1N1CC(CS(N)(=O)=O)CC1=O. The van der Waals surface area contributed by atoms with Crippen LogP contribution in [-0.4, -0.2) is 31.5 Å². The number of nitro groups is 1. The maximum Gasteiger partial charge on any atom is 0.271 e. The summed E-state index contributed by atoms with van der Waals surface area (Å²) in [5.74, 6) is -0.992. The summed E-state index contributed by atoms with van der Waals surface area (Å²) in [6, 6.07) is 3.78. The first kappa shape index (κ1) is 15.2. The van der Waals surface area contributed by atoms with E-state index in [2.05, 4.69) is 0 Å². The molecule has 9 nitrogen and oxygen atoms in total. The molecule has 1 aliphatic heterocycles. The minimum absolute atomic E-state index is 0.0485. The first-order valence-corrected chi connectivity index (χ1v) is 7.73. The number of non-ortho nitro benzene ring substituents is 1. The lowest BCUT2D eigenvalue weighted by molar-refractivity contribution is -0.384. The fourth-order valence-corrected chi connectivity index (χ4v) is 3.24. The van der Waals surface area contributed by atoms with Gasteiger partial charge in [-0.1, -0.05) is 0 Å². The fourth-order valence-electron chi connectivity index (χ4n) is 2.36. The normalized spacial score (nSPS) is 19.0. The van der Waals surface area contributed by atoms with Crippen LogP contribution in [0, 0.1) is 16.0 Å². The number of benzene rings is 1. The van der Waals surface area contributed by atoms with Crippen molar-refractivity contribution in [3.05, 3.63) is 28.3 Å². The summed E-state index contributed by atoms with van der Waals surface area (Å²) in [5, 5.41) is 15.6. The molecular weight excluding hydrogens is 300 g/mol. The molecule has 2 rings (SSSR count). The van der Waals surface area contributed by atoms with Crippen molar-refractivity contribution in [1.82, 2.24) is 0 Å². The van der Waals surface area contributed by atoms with Gasteiger partial charge in [0.1, 0.15) is 0 Å². The second kappa shape index (κ2) is 5.30. The Bertz CT molecular complexity index is 703. The highest BCUT2D eigenvalue weighted by molar-refractivity contribution is 7.89. The maximum absolute atomic E-state index is 11.9. The number of nitrogens with zero attached hydrogens (tertiary/aromatic N) is 2. The van der Waals surface area contributed by atoms with Crippen molar-refractivity contribution < 1.29 is 18.1 Å². The molecule has 0 spiro atoms. The maximum atomic E-state index is 11.9. The number of primary sulfonamides is 1. The molecule has 0 bridgehead atoms. The Morgan fingerprint density at radius 3 is 2.62 bits per heavy atom. The molecule has 21 heavy (non-hydrogen) atoms. The van der Waals surface area contributed by atoms with Gasteiger partial charge in [-0.05, 0) is 6.07 Å². The average Bonchev–Trinajstić information content (AvgIpc) is 2.67. The standard InChI is InChI=1S/C11H14N4O5S/c12-9-4-8(15(17)18)1-2-10(9)14-5-7(3-11(14)16)6-21(13,19)20/h1-2,4,7H,3,5-6,12H2,(H2,13,19,20). The molecule has 4 N–H and O–H groups in total. The summed E-state index contributed by atoms with van der Waals surface area (Å²) in [6.45, 7) is 0.164. The van der Waals surface area contributed by atoms with Crippen LogP contribution in [0.15, 0.2) is 18.2 Å². The number of hydrogen-bond acceptors (Lipinski definition) is 6. The van der Waals surface area contributed by atoms with Gasteiger partial charge in [0.25, 0.3) is 5.69 Å². The van der Waals surface area contributed by atoms with E-state index in [0.29, 0.717) is 5.69 Å². The molecule has 114 valence electrons. The number of carbonyl (C=O) groups excluding carboxylic acids is 1. The summed E-state index contributed by atoms with van der Waals surface area (Å²) in [4.78, 5) is 23.3. The van der Waals surface area contributed by atoms with E-state index in [1.54, 1.807) is 0 Å². The number of rotatable bonds is 4. The van der Waals surface area contributed by atoms with Gasteiger partial charge in [-0.3, -0.25) is 14.9 Å². The molecule has 1 aromatic carbocycles. The predicted molar refractivity (Wildman–Crippen MR) is 75.9 cm³/mol. The van der Waals surface area contributed by atoms with Crippen LogP contribution in [0.4, 0.5) is 17.1 Å². The van der Waals surface area contributed by atoms with Crippen LogP contribution in [0.3, 0.4) is 0 Å². The summed E-state index contributed by atoms with van der Waals surface area (Å²) >= 11 is 0. The average molecular weight is 314 g/mol. The Balaban J connectivity index is 2.23. The van der Waals surface area contributed by atoms with Gasteiger partial charge in [-0.2, -0.15) is 0 Å². The van der Waals surface area contributed by atoms with Crippen molar-refractivity contribution in [2.75, 3.05) is 22.9 Å². The van der Waals surface area contributed by atoms with E-state index in [1.165, 1.54) is 17.0 Å². The Morgan fingerprint density at radius 2 is 2.10 bits per heavy atom. The van der Waals surface area contributed by atoms with E-state index in [-0.39, 0.29) is 36.0 Å². The zero-order valence-electron chi connectivity index (χ0n) is 10.9. The van der Waals surface area contributed by atoms with Gasteiger partial charge in [-0.25, -0.2) is 13.6 Å². The quantitative estimate of drug-likeness (QED) is 0.447. The highest BCUT2D eigenvalue weighted by atomic mass is 32.2. The molecule has 0 aromatic heterocycles. The largest absolute Gasteiger partial charge is 0.397 e. The third-order valence-electron chi connectivity index (χ3n) is 3.19. The Kier molecular flexibility index (Phi) is 3.83. The van der Waals surface area contributed by atoms with E-state index >= 15 is 0 Å². The Labute approximate surface area is 120 Å². The molecule has 1 aromatic rings. The smallest absolute Gasteiger partial charge is 0.271 e. The number of nitrogen functional groups attached to an aromatic ring is 1. The molecule has 1 saturated heterocycles. The van der Waals surface area contributed by atoms with Crippen LogP contribution in [0.2, 0.25) is 0 Å². The Hall–Kier alpha value is -2.20. The van der Waals surface area contributed by atoms with Crippen LogP contribution in [0.1, 0.15) is 6.42 Å². The fraction of sp³-hybridized carbons (Fsp3) is 0.364. The van der Waals surface area contributed by atoms with Crippen LogP contribution < -0.4 is 15.8 Å². The lowest BCUT2D eigenvalue weighted by Crippen LogP contribution is -2.28. The van der Waals surface area contributed by atoms with Gasteiger partial charge in [-0.15, -0.1) is 0 Å². The molecule has 0 aliphatic carbocycles. The number of nitrogens with two attached hydrogens (primary N) is 2. The van der Waals surface area contributed by atoms with Crippen molar-refractivity contribution in [2.24, 2.45) is 11.1 Å². The van der Waals surface area contributed by atoms with Crippen molar-refractivity contribution in [3.63, 3.8) is 0 Å². The van der Waals surface area contributed by atoms with Gasteiger partial charge in [0.15, 0.2) is 0 Å². The highest BCUT2D eigenvalue weighted by Gasteiger charge is 2.33. The number of hydrogen-bond donors (Lipinski definition) is 2. The van der Waals surface area contributed by atoms with Gasteiger partial charge in [0.2, 0.25) is 15.9 Å². The topological polar surface area (TPSA) is 150 Å². The second-order valence-electron chi connectivity index (χ2n) is 4.90. The molecular formula is C11H14N4O5S. The van der Waals surface area contributed by atoms with E-state index in [0.717, 1.165) is 6.07 Å². The summed E-state index contributed by atoms with van der Waals surface area (Å²) in [5.41, 5.74) is 5.98. The molecule has 1 atom stereocenters. The van der Waals surface area contributed by atoms with Gasteiger partial charge >= 0.3 is 0 Å². The van der Waals surface area contributed by atoms with Crippen LogP contribution in [0.5, 0.6) is 0 Å². The predicted octanol–water partition coefficient (Wildman–Crippen LogP) is -0.182.